The monoisotopic (exact) mass is 303 g/mol. The number of carbonyl (C=O) groups is 2. The van der Waals surface area contributed by atoms with Crippen LogP contribution >= 0.6 is 11.8 Å². The quantitative estimate of drug-likeness (QED) is 0.888. The normalized spacial score (nSPS) is 17.0. The Balaban J connectivity index is 1.65. The number of benzene rings is 1. The van der Waals surface area contributed by atoms with E-state index in [4.69, 9.17) is 0 Å². The highest BCUT2D eigenvalue weighted by Gasteiger charge is 2.31. The molecule has 8 heteroatoms. The van der Waals surface area contributed by atoms with Gasteiger partial charge in [0, 0.05) is 12.1 Å². The molecule has 1 atom stereocenters. The molecule has 0 saturated heterocycles. The van der Waals surface area contributed by atoms with E-state index in [1.165, 1.54) is 16.4 Å². The maximum atomic E-state index is 12.0. The fraction of sp³-hybridized carbons (Fsp3) is 0.231. The maximum absolute atomic E-state index is 12.0. The van der Waals surface area contributed by atoms with Crippen LogP contribution in [0.3, 0.4) is 0 Å². The number of nitrogens with zero attached hydrogens (tertiary/aromatic N) is 3. The van der Waals surface area contributed by atoms with Crippen molar-refractivity contribution in [2.75, 3.05) is 10.7 Å². The van der Waals surface area contributed by atoms with E-state index in [1.54, 1.807) is 19.1 Å². The van der Waals surface area contributed by atoms with Crippen LogP contribution in [0.5, 0.6) is 0 Å². The summed E-state index contributed by atoms with van der Waals surface area (Å²) < 4.78 is 1.53. The first-order chi connectivity index (χ1) is 10.1. The van der Waals surface area contributed by atoms with Gasteiger partial charge in [-0.3, -0.25) is 15.0 Å². The lowest BCUT2D eigenvalue weighted by molar-refractivity contribution is -0.121. The van der Waals surface area contributed by atoms with Crippen LogP contribution in [0.25, 0.3) is 0 Å². The second-order valence-electron chi connectivity index (χ2n) is 4.57. The van der Waals surface area contributed by atoms with E-state index < -0.39 is 5.25 Å². The second-order valence-corrected chi connectivity index (χ2v) is 5.74. The Morgan fingerprint density at radius 1 is 1.38 bits per heavy atom. The Kier molecular flexibility index (Phi) is 3.61. The number of anilines is 1. The van der Waals surface area contributed by atoms with E-state index in [1.807, 2.05) is 18.2 Å². The molecule has 1 unspecified atom stereocenters. The molecule has 0 fully saturated rings. The van der Waals surface area contributed by atoms with Gasteiger partial charge in [0.2, 0.25) is 11.1 Å². The zero-order valence-corrected chi connectivity index (χ0v) is 12.1. The summed E-state index contributed by atoms with van der Waals surface area (Å²) in [6.07, 6.45) is 0.0807. The zero-order chi connectivity index (χ0) is 14.8. The number of para-hydroxylation sites is 1. The first kappa shape index (κ1) is 13.6. The molecule has 2 amide bonds. The molecule has 2 N–H and O–H groups in total. The number of aromatic nitrogens is 3. The first-order valence-electron chi connectivity index (χ1n) is 6.38. The van der Waals surface area contributed by atoms with Crippen molar-refractivity contribution in [2.24, 2.45) is 0 Å². The van der Waals surface area contributed by atoms with Crippen molar-refractivity contribution in [2.45, 2.75) is 23.8 Å². The molecule has 108 valence electrons. The number of hydrogen-bond donors (Lipinski definition) is 2. The molecule has 1 aromatic heterocycles. The van der Waals surface area contributed by atoms with Gasteiger partial charge in [0.25, 0.3) is 5.91 Å². The van der Waals surface area contributed by atoms with Crippen LogP contribution in [0.1, 0.15) is 12.2 Å². The molecule has 0 bridgehead atoms. The molecule has 1 aliphatic rings. The van der Waals surface area contributed by atoms with Crippen molar-refractivity contribution in [1.82, 2.24) is 14.9 Å². The van der Waals surface area contributed by atoms with Gasteiger partial charge in [0.05, 0.1) is 0 Å². The first-order valence-corrected chi connectivity index (χ1v) is 7.26. The Morgan fingerprint density at radius 3 is 2.90 bits per heavy atom. The van der Waals surface area contributed by atoms with Gasteiger partial charge in [-0.1, -0.05) is 30.0 Å². The van der Waals surface area contributed by atoms with Crippen LogP contribution in [0.4, 0.5) is 5.69 Å². The predicted molar refractivity (Wildman–Crippen MR) is 78.5 cm³/mol. The summed E-state index contributed by atoms with van der Waals surface area (Å²) in [5.74, 6) is 0.176. The van der Waals surface area contributed by atoms with Gasteiger partial charge in [-0.05, 0) is 19.1 Å². The Bertz CT molecular complexity index is 685. The van der Waals surface area contributed by atoms with E-state index in [9.17, 15) is 9.59 Å². The minimum Gasteiger partial charge on any atom is -0.326 e. The van der Waals surface area contributed by atoms with Crippen molar-refractivity contribution in [3.05, 3.63) is 36.2 Å². The third kappa shape index (κ3) is 2.89. The molecule has 7 nitrogen and oxygen atoms in total. The van der Waals surface area contributed by atoms with Crippen LogP contribution < -0.4 is 10.7 Å². The molecule has 1 aliphatic heterocycles. The van der Waals surface area contributed by atoms with Gasteiger partial charge in [0.1, 0.15) is 11.1 Å². The summed E-state index contributed by atoms with van der Waals surface area (Å²) in [5, 5.41) is 10.7. The molecule has 21 heavy (non-hydrogen) atoms. The predicted octanol–water partition coefficient (Wildman–Crippen LogP) is 1.16. The van der Waals surface area contributed by atoms with Crippen molar-refractivity contribution < 1.29 is 9.59 Å². The van der Waals surface area contributed by atoms with Crippen molar-refractivity contribution >= 4 is 29.3 Å². The summed E-state index contributed by atoms with van der Waals surface area (Å²) >= 11 is 1.24. The number of thioether (sulfide) groups is 1. The Hall–Kier alpha value is -2.35. The smallest absolute Gasteiger partial charge is 0.253 e. The molecule has 0 radical (unpaired) electrons. The average Bonchev–Trinajstić information content (AvgIpc) is 2.81. The van der Waals surface area contributed by atoms with Gasteiger partial charge in [-0.2, -0.15) is 0 Å². The lowest BCUT2D eigenvalue weighted by atomic mass is 10.2. The largest absolute Gasteiger partial charge is 0.326 e. The number of fused-ring (bicyclic) bond motifs is 1. The molecule has 1 aromatic carbocycles. The lowest BCUT2D eigenvalue weighted by Crippen LogP contribution is -2.38. The highest BCUT2D eigenvalue weighted by atomic mass is 32.2. The number of hydrogen-bond acceptors (Lipinski definition) is 5. The summed E-state index contributed by atoms with van der Waals surface area (Å²) in [5.41, 5.74) is 3.39. The number of rotatable bonds is 3. The van der Waals surface area contributed by atoms with Gasteiger partial charge < -0.3 is 5.32 Å². The summed E-state index contributed by atoms with van der Waals surface area (Å²) in [7, 11) is 0. The topological polar surface area (TPSA) is 88.9 Å². The molecular formula is C13H13N5O2S. The fourth-order valence-electron chi connectivity index (χ4n) is 1.95. The van der Waals surface area contributed by atoms with Crippen molar-refractivity contribution in [1.29, 1.82) is 0 Å². The minimum absolute atomic E-state index is 0.0807. The van der Waals surface area contributed by atoms with Gasteiger partial charge in [-0.25, -0.2) is 4.68 Å². The molecule has 2 heterocycles. The molecule has 2 aromatic rings. The number of carbonyl (C=O) groups excluding carboxylic acids is 2. The third-order valence-corrected chi connectivity index (χ3v) is 4.13. The van der Waals surface area contributed by atoms with E-state index in [2.05, 4.69) is 20.9 Å². The van der Waals surface area contributed by atoms with E-state index >= 15 is 0 Å². The highest BCUT2D eigenvalue weighted by Crippen LogP contribution is 2.28. The van der Waals surface area contributed by atoms with Crippen molar-refractivity contribution in [3.63, 3.8) is 0 Å². The molecule has 0 saturated carbocycles. The van der Waals surface area contributed by atoms with Crippen LogP contribution in [-0.4, -0.2) is 31.9 Å². The molecule has 3 rings (SSSR count). The number of aryl methyl sites for hydroxylation is 1. The molecule has 0 spiro atoms. The van der Waals surface area contributed by atoms with Crippen LogP contribution in [0.2, 0.25) is 0 Å². The number of nitrogens with one attached hydrogen (secondary N) is 2. The van der Waals surface area contributed by atoms with Crippen molar-refractivity contribution in [3.8, 4) is 0 Å². The van der Waals surface area contributed by atoms with Gasteiger partial charge >= 0.3 is 0 Å². The Labute approximate surface area is 125 Å². The van der Waals surface area contributed by atoms with E-state index in [-0.39, 0.29) is 18.2 Å². The fourth-order valence-corrected chi connectivity index (χ4v) is 2.97. The highest BCUT2D eigenvalue weighted by molar-refractivity contribution is 8.00. The number of amides is 2. The van der Waals surface area contributed by atoms with E-state index in [0.717, 1.165) is 0 Å². The van der Waals surface area contributed by atoms with Gasteiger partial charge in [0.15, 0.2) is 0 Å². The molecule has 0 aliphatic carbocycles. The van der Waals surface area contributed by atoms with Crippen LogP contribution in [0.15, 0.2) is 35.5 Å². The van der Waals surface area contributed by atoms with Crippen LogP contribution in [-0.2, 0) is 9.59 Å². The second kappa shape index (κ2) is 5.57. The summed E-state index contributed by atoms with van der Waals surface area (Å²) in [6, 6.07) is 9.14. The Morgan fingerprint density at radius 2 is 2.14 bits per heavy atom. The van der Waals surface area contributed by atoms with Gasteiger partial charge in [-0.15, -0.1) is 10.2 Å². The lowest BCUT2D eigenvalue weighted by Gasteiger charge is -2.22. The third-order valence-electron chi connectivity index (χ3n) is 2.99. The molecular weight excluding hydrogens is 290 g/mol. The maximum Gasteiger partial charge on any atom is 0.253 e. The van der Waals surface area contributed by atoms with E-state index in [0.29, 0.717) is 16.7 Å². The average molecular weight is 303 g/mol. The zero-order valence-electron chi connectivity index (χ0n) is 11.2. The summed E-state index contributed by atoms with van der Waals surface area (Å²) in [4.78, 5) is 24.0. The minimum atomic E-state index is -0.509. The SMILES string of the molecule is Cc1nnc2n1NC(=O)C(CC(=O)Nc1ccccc1)S2. The summed E-state index contributed by atoms with van der Waals surface area (Å²) in [6.45, 7) is 1.75. The van der Waals surface area contributed by atoms with Crippen LogP contribution in [0, 0.1) is 6.92 Å². The standard InChI is InChI=1S/C13H13N5O2S/c1-8-15-16-13-18(8)17-12(20)10(21-13)7-11(19)14-9-5-3-2-4-6-9/h2-6,10H,7H2,1H3,(H,14,19)(H,17,20).